The quantitative estimate of drug-likeness (QED) is 0.107. The first kappa shape index (κ1) is 44.9. The molecule has 0 saturated heterocycles. The lowest BCUT2D eigenvalue weighted by Crippen LogP contribution is -2.09. The Hall–Kier alpha value is -11.0. The average Bonchev–Trinajstić information content (AvgIpc) is 4.25. The maximum absolute atomic E-state index is 13.8. The number of hydrogen-bond donors (Lipinski definition) is 2. The topological polar surface area (TPSA) is 214 Å². The molecule has 11 aromatic rings. The van der Waals surface area contributed by atoms with Crippen molar-refractivity contribution in [1.29, 1.82) is 0 Å². The van der Waals surface area contributed by atoms with Crippen molar-refractivity contribution in [2.24, 2.45) is 0 Å². The van der Waals surface area contributed by atoms with Crippen LogP contribution in [0.5, 0.6) is 23.0 Å². The monoisotopic (exact) mass is 994 g/mol. The van der Waals surface area contributed by atoms with Crippen LogP contribution < -0.4 is 18.9 Å². The van der Waals surface area contributed by atoms with E-state index in [1.807, 2.05) is 0 Å². The van der Waals surface area contributed by atoms with E-state index < -0.39 is 23.9 Å². The summed E-state index contributed by atoms with van der Waals surface area (Å²) in [6.07, 6.45) is 0. The minimum absolute atomic E-state index is 0.0965. The zero-order chi connectivity index (χ0) is 51.3. The first-order valence-electron chi connectivity index (χ1n) is 23.8. The molecule has 13 rings (SSSR count). The van der Waals surface area contributed by atoms with Gasteiger partial charge in [-0.3, -0.25) is 0 Å². The maximum Gasteiger partial charge on any atom is 0.343 e. The molecule has 3 aromatic heterocycles. The highest BCUT2D eigenvalue weighted by molar-refractivity contribution is 6.11. The molecule has 16 heteroatoms. The summed E-state index contributed by atoms with van der Waals surface area (Å²) in [5.74, 6) is -1.40. The summed E-state index contributed by atoms with van der Waals surface area (Å²) in [4.78, 5) is 92.4. The molecule has 0 radical (unpaired) electrons. The fraction of sp³-hybridized carbons (Fsp3) is 0. The molecule has 5 heterocycles. The van der Waals surface area contributed by atoms with E-state index in [0.29, 0.717) is 66.1 Å². The van der Waals surface area contributed by atoms with Crippen LogP contribution in [-0.4, -0.2) is 63.7 Å². The summed E-state index contributed by atoms with van der Waals surface area (Å²) in [7, 11) is 0. The standard InChI is InChI=1S/C60H34N8O8/c69-57(33-17-5-1-6-18-33)73-41-29-13-25-37-45(41)53-61-49(37)66-54-47-39(27-15-31-43(47)75-59(71)35-21-9-3-10-22-35)51(63-54)68-56-48-40(28-16-32-44(48)76-60(72)36-23-11-4-12-24-36)52(64-56)67-55-46-38(50(62-55)65-53)26-14-30-42(46)74-58(70)34-19-7-2-8-20-34/h1-32H,(H2,61,62,63,64,65,66,67,68). The van der Waals surface area contributed by atoms with Gasteiger partial charge in [-0.1, -0.05) is 121 Å². The first-order valence-corrected chi connectivity index (χ1v) is 23.8. The number of fused-ring (bicyclic) bond motifs is 20. The largest absolute Gasteiger partial charge is 0.422 e. The molecular formula is C60H34N8O8. The van der Waals surface area contributed by atoms with Gasteiger partial charge in [0.25, 0.3) is 0 Å². The van der Waals surface area contributed by atoms with Gasteiger partial charge in [-0.25, -0.2) is 49.1 Å². The first-order chi connectivity index (χ1) is 37.3. The van der Waals surface area contributed by atoms with Crippen molar-refractivity contribution < 1.29 is 38.1 Å². The molecule has 2 N–H and O–H groups in total. The minimum atomic E-state index is -0.619. The van der Waals surface area contributed by atoms with Crippen LogP contribution in [0.3, 0.4) is 0 Å². The second-order valence-corrected chi connectivity index (χ2v) is 17.3. The number of benzene rings is 8. The van der Waals surface area contributed by atoms with Crippen molar-refractivity contribution >= 4 is 68.0 Å². The molecule has 16 nitrogen and oxygen atoms in total. The Morgan fingerprint density at radius 2 is 0.592 bits per heavy atom. The number of carbonyl (C=O) groups excluding carboxylic acids is 4. The van der Waals surface area contributed by atoms with Crippen molar-refractivity contribution in [1.82, 2.24) is 39.9 Å². The lowest BCUT2D eigenvalue weighted by atomic mass is 10.1. The highest BCUT2D eigenvalue weighted by Crippen LogP contribution is 2.44. The predicted octanol–water partition coefficient (Wildman–Crippen LogP) is 11.7. The van der Waals surface area contributed by atoms with E-state index in [0.717, 1.165) is 0 Å². The molecule has 0 spiro atoms. The van der Waals surface area contributed by atoms with Crippen molar-refractivity contribution in [3.63, 3.8) is 0 Å². The number of nitrogens with one attached hydrogen (secondary N) is 2. The van der Waals surface area contributed by atoms with Crippen LogP contribution in [0.2, 0.25) is 0 Å². The molecule has 76 heavy (non-hydrogen) atoms. The number of aromatic amines is 2. The van der Waals surface area contributed by atoms with Gasteiger partial charge in [0.05, 0.1) is 44.2 Å². The summed E-state index contributed by atoms with van der Waals surface area (Å²) in [5, 5.41) is 1.67. The lowest BCUT2D eigenvalue weighted by Gasteiger charge is -2.09. The van der Waals surface area contributed by atoms with Gasteiger partial charge in [0.1, 0.15) is 45.6 Å². The van der Waals surface area contributed by atoms with Gasteiger partial charge in [0.15, 0.2) is 23.3 Å². The van der Waals surface area contributed by atoms with Gasteiger partial charge < -0.3 is 28.9 Å². The Balaban J connectivity index is 1.11. The SMILES string of the molecule is O=C(Oc1cccc2c1-c1nc-2nc2[nH]c(nc3nc(nc4[nH]c(n1)c1cccc(OC(=O)c5ccccc5)c41)-c1cccc(OC(=O)c4ccccc4)c1-3)c1cccc(OC(=O)c3ccccc3)c21)c1ccccc1. The van der Waals surface area contributed by atoms with E-state index in [-0.39, 0.29) is 68.9 Å². The molecule has 0 fully saturated rings. The number of esters is 4. The maximum atomic E-state index is 13.8. The van der Waals surface area contributed by atoms with Crippen LogP contribution in [0.1, 0.15) is 41.4 Å². The van der Waals surface area contributed by atoms with Gasteiger partial charge in [0, 0.05) is 21.9 Å². The van der Waals surface area contributed by atoms with Crippen LogP contribution in [-0.2, 0) is 0 Å². The average molecular weight is 995 g/mol. The number of nitrogens with zero attached hydrogens (tertiary/aromatic N) is 6. The third kappa shape index (κ3) is 8.09. The molecule has 362 valence electrons. The molecule has 8 bridgehead atoms. The van der Waals surface area contributed by atoms with E-state index in [1.165, 1.54) is 0 Å². The summed E-state index contributed by atoms with van der Waals surface area (Å²) < 4.78 is 24.5. The van der Waals surface area contributed by atoms with E-state index in [9.17, 15) is 19.2 Å². The number of rotatable bonds is 8. The van der Waals surface area contributed by atoms with Crippen LogP contribution in [0.15, 0.2) is 194 Å². The molecule has 2 aliphatic rings. The fourth-order valence-corrected chi connectivity index (χ4v) is 9.13. The Labute approximate surface area is 429 Å². The highest BCUT2D eigenvalue weighted by Gasteiger charge is 2.29. The van der Waals surface area contributed by atoms with Crippen molar-refractivity contribution in [3.8, 4) is 68.5 Å². The third-order valence-corrected chi connectivity index (χ3v) is 12.6. The van der Waals surface area contributed by atoms with Crippen LogP contribution in [0, 0.1) is 0 Å². The van der Waals surface area contributed by atoms with Gasteiger partial charge in [-0.05, 0) is 72.8 Å². The zero-order valence-corrected chi connectivity index (χ0v) is 39.4. The number of aromatic nitrogens is 8. The molecule has 0 atom stereocenters. The normalized spacial score (nSPS) is 11.4. The van der Waals surface area contributed by atoms with Crippen LogP contribution in [0.4, 0.5) is 0 Å². The third-order valence-electron chi connectivity index (χ3n) is 12.6. The molecular weight excluding hydrogens is 961 g/mol. The van der Waals surface area contributed by atoms with Gasteiger partial charge in [0.2, 0.25) is 0 Å². The van der Waals surface area contributed by atoms with E-state index in [2.05, 4.69) is 9.97 Å². The number of carbonyl (C=O) groups is 4. The number of hydrogen-bond acceptors (Lipinski definition) is 14. The second-order valence-electron chi connectivity index (χ2n) is 17.3. The summed E-state index contributed by atoms with van der Waals surface area (Å²) >= 11 is 0. The zero-order valence-electron chi connectivity index (χ0n) is 39.4. The van der Waals surface area contributed by atoms with E-state index in [1.54, 1.807) is 194 Å². The Morgan fingerprint density at radius 3 is 0.947 bits per heavy atom. The van der Waals surface area contributed by atoms with Crippen molar-refractivity contribution in [2.45, 2.75) is 0 Å². The molecule has 0 saturated carbocycles. The minimum Gasteiger partial charge on any atom is -0.422 e. The van der Waals surface area contributed by atoms with E-state index >= 15 is 0 Å². The molecule has 2 aliphatic heterocycles. The summed E-state index contributed by atoms with van der Waals surface area (Å²) in [6, 6.07) is 54.8. The van der Waals surface area contributed by atoms with E-state index in [4.69, 9.17) is 48.9 Å². The fourth-order valence-electron chi connectivity index (χ4n) is 9.13. The van der Waals surface area contributed by atoms with Crippen molar-refractivity contribution in [3.05, 3.63) is 216 Å². The van der Waals surface area contributed by atoms with Gasteiger partial charge in [-0.15, -0.1) is 0 Å². The van der Waals surface area contributed by atoms with Gasteiger partial charge >= 0.3 is 23.9 Å². The smallest absolute Gasteiger partial charge is 0.343 e. The second kappa shape index (κ2) is 18.6. The lowest BCUT2D eigenvalue weighted by molar-refractivity contribution is 0.0726. The van der Waals surface area contributed by atoms with Crippen LogP contribution in [0.25, 0.3) is 89.7 Å². The molecule has 0 unspecified atom stereocenters. The summed E-state index contributed by atoms with van der Waals surface area (Å²) in [6.45, 7) is 0. The Kier molecular flexibility index (Phi) is 11.0. The Bertz CT molecular complexity index is 4100. The molecule has 8 aromatic carbocycles. The molecule has 0 amide bonds. The number of H-pyrrole nitrogens is 2. The highest BCUT2D eigenvalue weighted by atomic mass is 16.5. The van der Waals surface area contributed by atoms with Crippen LogP contribution >= 0.6 is 0 Å². The number of ether oxygens (including phenoxy) is 4. The van der Waals surface area contributed by atoms with Gasteiger partial charge in [-0.2, -0.15) is 0 Å². The predicted molar refractivity (Wildman–Crippen MR) is 282 cm³/mol. The summed E-state index contributed by atoms with van der Waals surface area (Å²) in [5.41, 5.74) is 3.66. The Morgan fingerprint density at radius 1 is 0.289 bits per heavy atom. The molecule has 0 aliphatic carbocycles. The van der Waals surface area contributed by atoms with Crippen molar-refractivity contribution in [2.75, 3.05) is 0 Å².